The van der Waals surface area contributed by atoms with Gasteiger partial charge in [0.15, 0.2) is 22.9 Å². The second kappa shape index (κ2) is 17.9. The van der Waals surface area contributed by atoms with Gasteiger partial charge in [-0.15, -0.1) is 6.42 Å². The number of hydrogen-bond donors (Lipinski definition) is 4. The molecule has 3 aromatic carbocycles. The fourth-order valence-electron chi connectivity index (χ4n) is 11.7. The number of carbonyl (C=O) groups excluding carboxylic acids is 1. The summed E-state index contributed by atoms with van der Waals surface area (Å²) < 4.78 is 57.3. The molecule has 362 valence electrons. The van der Waals surface area contributed by atoms with Crippen molar-refractivity contribution in [2.75, 3.05) is 36.5 Å². The van der Waals surface area contributed by atoms with Gasteiger partial charge in [0.05, 0.1) is 32.4 Å². The van der Waals surface area contributed by atoms with Crippen LogP contribution in [0.25, 0.3) is 11.0 Å². The number of H-pyrrole nitrogens is 1. The van der Waals surface area contributed by atoms with E-state index < -0.39 is 42.9 Å². The molecule has 0 bridgehead atoms. The third-order valence-electron chi connectivity index (χ3n) is 15.6. The number of nitro benzene ring substituents is 1. The van der Waals surface area contributed by atoms with Crippen LogP contribution < -0.4 is 24.4 Å². The highest BCUT2D eigenvalue weighted by Crippen LogP contribution is 2.54. The third-order valence-corrected chi connectivity index (χ3v) is 16.9. The van der Waals surface area contributed by atoms with Gasteiger partial charge in [0.25, 0.3) is 21.6 Å². The lowest BCUT2D eigenvalue weighted by Gasteiger charge is -2.56. The van der Waals surface area contributed by atoms with Gasteiger partial charge in [0, 0.05) is 55.3 Å². The number of nitrogens with one attached hydrogen (secondary N) is 3. The highest BCUT2D eigenvalue weighted by Gasteiger charge is 2.50. The highest BCUT2D eigenvalue weighted by molar-refractivity contribution is 7.90. The predicted molar refractivity (Wildman–Crippen MR) is 260 cm³/mol. The van der Waals surface area contributed by atoms with E-state index >= 15 is 0 Å². The lowest BCUT2D eigenvalue weighted by atomic mass is 9.59. The largest absolute Gasteiger partial charge is 0.489 e. The number of carbonyl (C=O) groups is 1. The SMILES string of the molecule is C#Cc1nc2[nH]cc(F)c2cc1Oc1cc(N2CCC3(CC2)CC(N2CCC[C@@H]2c2ccccc2C(C)C)C3)ccc1C(=O)NS(=O)(=O)c1cc2c(c([N+](=O)[O-])c1)N[C@@H]([C@H]1CC[C@](C)(O)CC1)CO2. The van der Waals surface area contributed by atoms with Gasteiger partial charge in [-0.05, 0) is 130 Å². The van der Waals surface area contributed by atoms with Gasteiger partial charge in [-0.25, -0.2) is 22.5 Å². The van der Waals surface area contributed by atoms with E-state index in [1.54, 1.807) is 19.1 Å². The van der Waals surface area contributed by atoms with E-state index in [0.29, 0.717) is 43.7 Å². The van der Waals surface area contributed by atoms with Crippen LogP contribution in [0.15, 0.2) is 71.8 Å². The Morgan fingerprint density at radius 1 is 1.06 bits per heavy atom. The maximum absolute atomic E-state index is 14.8. The number of ether oxygens (including phenoxy) is 2. The Labute approximate surface area is 401 Å². The van der Waals surface area contributed by atoms with Crippen molar-refractivity contribution in [3.8, 4) is 29.6 Å². The van der Waals surface area contributed by atoms with Gasteiger partial charge in [0.2, 0.25) is 0 Å². The molecule has 5 aliphatic rings. The molecule has 2 aromatic heterocycles. The topological polar surface area (TPSA) is 192 Å². The lowest BCUT2D eigenvalue weighted by molar-refractivity contribution is -0.384. The van der Waals surface area contributed by atoms with Crippen LogP contribution in [-0.2, 0) is 10.0 Å². The summed E-state index contributed by atoms with van der Waals surface area (Å²) in [6.45, 7) is 9.07. The second-order valence-electron chi connectivity index (χ2n) is 20.4. The fourth-order valence-corrected chi connectivity index (χ4v) is 12.7. The molecule has 2 atom stereocenters. The van der Waals surface area contributed by atoms with Crippen LogP contribution in [0.4, 0.5) is 21.5 Å². The monoisotopic (exact) mass is 959 g/mol. The number of hydrogen-bond acceptors (Lipinski definition) is 12. The van der Waals surface area contributed by atoms with Gasteiger partial charge in [-0.3, -0.25) is 19.8 Å². The molecule has 17 heteroatoms. The van der Waals surface area contributed by atoms with Crippen molar-refractivity contribution in [2.45, 2.75) is 120 Å². The van der Waals surface area contributed by atoms with Gasteiger partial charge in [-0.1, -0.05) is 38.1 Å². The minimum Gasteiger partial charge on any atom is -0.489 e. The quantitative estimate of drug-likeness (QED) is 0.0558. The van der Waals surface area contributed by atoms with E-state index in [1.807, 2.05) is 0 Å². The number of nitrogens with zero attached hydrogens (tertiary/aromatic N) is 4. The maximum atomic E-state index is 14.8. The van der Waals surface area contributed by atoms with Crippen LogP contribution >= 0.6 is 0 Å². The Balaban J connectivity index is 0.884. The number of amides is 1. The Morgan fingerprint density at radius 3 is 2.54 bits per heavy atom. The highest BCUT2D eigenvalue weighted by atomic mass is 32.2. The summed E-state index contributed by atoms with van der Waals surface area (Å²) in [5, 5.41) is 26.2. The van der Waals surface area contributed by atoms with Crippen LogP contribution in [-0.4, -0.2) is 83.1 Å². The first-order chi connectivity index (χ1) is 33.0. The summed E-state index contributed by atoms with van der Waals surface area (Å²) in [7, 11) is -4.76. The van der Waals surface area contributed by atoms with Crippen LogP contribution in [0.2, 0.25) is 0 Å². The van der Waals surface area contributed by atoms with E-state index in [0.717, 1.165) is 69.3 Å². The molecule has 2 aliphatic carbocycles. The minimum atomic E-state index is -4.76. The van der Waals surface area contributed by atoms with Crippen molar-refractivity contribution < 1.29 is 37.1 Å². The molecule has 3 aliphatic heterocycles. The number of rotatable bonds is 11. The van der Waals surface area contributed by atoms with Crippen LogP contribution in [0.1, 0.15) is 124 Å². The minimum absolute atomic E-state index is 0.0219. The molecule has 2 saturated heterocycles. The van der Waals surface area contributed by atoms with E-state index in [-0.39, 0.29) is 69.2 Å². The molecule has 0 unspecified atom stereocenters. The van der Waals surface area contributed by atoms with Gasteiger partial charge in [0.1, 0.15) is 23.8 Å². The third kappa shape index (κ3) is 8.98. The number of terminal acetylenes is 1. The van der Waals surface area contributed by atoms with E-state index in [9.17, 15) is 32.8 Å². The molecule has 1 spiro atoms. The maximum Gasteiger partial charge on any atom is 0.297 e. The Kier molecular flexibility index (Phi) is 12.1. The van der Waals surface area contributed by atoms with Crippen molar-refractivity contribution in [3.63, 3.8) is 0 Å². The molecular formula is C52H58FN7O8S. The van der Waals surface area contributed by atoms with Crippen molar-refractivity contribution in [1.82, 2.24) is 19.6 Å². The number of benzene rings is 3. The second-order valence-corrected chi connectivity index (χ2v) is 22.1. The van der Waals surface area contributed by atoms with Crippen molar-refractivity contribution >= 4 is 44.0 Å². The van der Waals surface area contributed by atoms with Crippen molar-refractivity contribution in [2.24, 2.45) is 11.3 Å². The number of aromatic nitrogens is 2. The number of sulfonamides is 1. The summed E-state index contributed by atoms with van der Waals surface area (Å²) in [4.78, 5) is 37.4. The molecule has 2 saturated carbocycles. The summed E-state index contributed by atoms with van der Waals surface area (Å²) >= 11 is 0. The number of halogens is 1. The molecule has 1 amide bonds. The zero-order valence-corrected chi connectivity index (χ0v) is 39.9. The number of nitro groups is 1. The van der Waals surface area contributed by atoms with Crippen molar-refractivity contribution in [1.29, 1.82) is 0 Å². The lowest BCUT2D eigenvalue weighted by Crippen LogP contribution is -2.54. The number of anilines is 2. The average molecular weight is 960 g/mol. The summed E-state index contributed by atoms with van der Waals surface area (Å²) in [6.07, 6.45) is 16.1. The number of likely N-dealkylation sites (tertiary alicyclic amines) is 1. The molecule has 10 rings (SSSR count). The standard InChI is InChI=1S/C52H58FN7O8S/c1-5-41-46(26-39-40(53)29-54-49(39)56-41)68-45-23-33(58-21-18-52(19-22-58)27-34(28-52)59-20-8-11-43(59)37-10-7-6-9-36(37)31(2)3)12-13-38(45)50(61)57-69(65,66)35-24-44(60(63)64)48-47(25-35)67-30-42(55-48)32-14-16-51(4,62)17-15-32/h1,6-7,9-10,12-13,23-26,29,31-32,34,42-43,55,62H,8,11,14-22,27-28,30H2,2-4H3,(H,54,56)(H,57,61)/t32-,42-,43-,51-/m1/s1. The first-order valence-corrected chi connectivity index (χ1v) is 25.6. The summed E-state index contributed by atoms with van der Waals surface area (Å²) in [5.74, 6) is 1.20. The molecule has 4 fully saturated rings. The molecule has 0 radical (unpaired) electrons. The van der Waals surface area contributed by atoms with E-state index in [1.165, 1.54) is 36.1 Å². The van der Waals surface area contributed by atoms with E-state index in [4.69, 9.17) is 15.9 Å². The molecule has 69 heavy (non-hydrogen) atoms. The summed E-state index contributed by atoms with van der Waals surface area (Å²) in [5.41, 5.74) is 2.64. The normalized spacial score (nSPS) is 23.7. The van der Waals surface area contributed by atoms with Gasteiger partial charge < -0.3 is 29.8 Å². The molecule has 15 nitrogen and oxygen atoms in total. The number of fused-ring (bicyclic) bond motifs is 2. The Morgan fingerprint density at radius 2 is 1.81 bits per heavy atom. The number of aliphatic hydroxyl groups is 1. The van der Waals surface area contributed by atoms with Crippen LogP contribution in [0, 0.1) is 39.6 Å². The smallest absolute Gasteiger partial charge is 0.297 e. The molecule has 5 heterocycles. The molecule has 5 aromatic rings. The zero-order chi connectivity index (χ0) is 48.4. The zero-order valence-electron chi connectivity index (χ0n) is 39.1. The first-order valence-electron chi connectivity index (χ1n) is 24.1. The predicted octanol–water partition coefficient (Wildman–Crippen LogP) is 9.33. The van der Waals surface area contributed by atoms with Gasteiger partial charge >= 0.3 is 0 Å². The Hall–Kier alpha value is -6.22. The van der Waals surface area contributed by atoms with Crippen LogP contribution in [0.3, 0.4) is 0 Å². The fraction of sp³-hybridized carbons (Fsp3) is 0.462. The summed E-state index contributed by atoms with van der Waals surface area (Å²) in [6, 6.07) is 17.9. The number of pyridine rings is 1. The first kappa shape index (κ1) is 46.5. The van der Waals surface area contributed by atoms with E-state index in [2.05, 4.69) is 73.8 Å². The average Bonchev–Trinajstić information content (AvgIpc) is 3.96. The number of aromatic amines is 1. The molecule has 4 N–H and O–H groups in total. The Bertz CT molecular complexity index is 2980. The molecular weight excluding hydrogens is 902 g/mol. The van der Waals surface area contributed by atoms with Crippen molar-refractivity contribution in [3.05, 3.63) is 105 Å². The van der Waals surface area contributed by atoms with Crippen LogP contribution in [0.5, 0.6) is 17.2 Å². The van der Waals surface area contributed by atoms with Gasteiger partial charge in [-0.2, -0.15) is 0 Å². The number of piperidine rings is 1.